The van der Waals surface area contributed by atoms with E-state index in [0.29, 0.717) is 12.1 Å². The number of halogens is 2. The molecule has 0 aliphatic carbocycles. The number of hydrogen-bond acceptors (Lipinski definition) is 2. The monoisotopic (exact) mass is 434 g/mol. The van der Waals surface area contributed by atoms with E-state index in [1.165, 1.54) is 22.3 Å². The molecule has 0 saturated heterocycles. The fraction of sp³-hybridized carbons (Fsp3) is 0.370. The zero-order valence-electron chi connectivity index (χ0n) is 19.1. The van der Waals surface area contributed by atoms with E-state index >= 15 is 0 Å². The van der Waals surface area contributed by atoms with Gasteiger partial charge < -0.3 is 5.32 Å². The molecule has 1 atom stereocenters. The van der Waals surface area contributed by atoms with Crippen molar-refractivity contribution >= 4 is 18.4 Å². The number of pyridine rings is 1. The van der Waals surface area contributed by atoms with Gasteiger partial charge in [-0.3, -0.25) is 4.98 Å². The highest BCUT2D eigenvalue weighted by molar-refractivity contribution is 6.38. The van der Waals surface area contributed by atoms with E-state index in [4.69, 9.17) is 0 Å². The third-order valence-corrected chi connectivity index (χ3v) is 6.16. The minimum Gasteiger partial charge on any atom is -0.393 e. The number of nitrogens with one attached hydrogen (secondary N) is 1. The van der Waals surface area contributed by atoms with Crippen LogP contribution in [0.3, 0.4) is 0 Å². The van der Waals surface area contributed by atoms with Gasteiger partial charge in [0.15, 0.2) is 7.28 Å². The van der Waals surface area contributed by atoms with Gasteiger partial charge in [-0.25, -0.2) is 8.78 Å². The van der Waals surface area contributed by atoms with Crippen LogP contribution in [0.5, 0.6) is 0 Å². The van der Waals surface area contributed by atoms with Crippen LogP contribution in [0.15, 0.2) is 68.2 Å². The molecule has 2 heterocycles. The molecule has 0 amide bonds. The van der Waals surface area contributed by atoms with Gasteiger partial charge in [0.2, 0.25) is 5.92 Å². The summed E-state index contributed by atoms with van der Waals surface area (Å²) in [5.74, 6) is -2.41. The predicted molar refractivity (Wildman–Crippen MR) is 133 cm³/mol. The Labute approximate surface area is 191 Å². The molecule has 3 rings (SSSR count). The largest absolute Gasteiger partial charge is 0.393 e. The summed E-state index contributed by atoms with van der Waals surface area (Å²) in [6.07, 6.45) is 8.46. The van der Waals surface area contributed by atoms with Gasteiger partial charge in [0.25, 0.3) is 0 Å². The number of benzene rings is 1. The third kappa shape index (κ3) is 6.91. The standard InChI is InChI=1S/C27H33BF2N2/c1-19(23-11-7-15-31-18-23)8-5-9-20(2)24-12-6-10-22-16-26(28-17-25(22)24)32-21(3)13-14-27(4,29)30/h6-7,10-12,15,18,26,28,32H,1-3,5,8-9,13-14,16-17H2,4H3. The smallest absolute Gasteiger partial charge is 0.245 e. The van der Waals surface area contributed by atoms with Crippen LogP contribution < -0.4 is 5.32 Å². The molecular formula is C27H33BF2N2. The summed E-state index contributed by atoms with van der Waals surface area (Å²) in [5, 5.41) is 3.38. The SMILES string of the molecule is C=C(CCC(C)(F)F)NC1BCc2c(cccc2C(=C)CCCC(=C)c2cccnc2)C1. The first-order valence-corrected chi connectivity index (χ1v) is 11.4. The van der Waals surface area contributed by atoms with Crippen molar-refractivity contribution in [2.45, 2.75) is 63.6 Å². The van der Waals surface area contributed by atoms with Crippen molar-refractivity contribution in [3.05, 3.63) is 90.4 Å². The molecule has 32 heavy (non-hydrogen) atoms. The summed E-state index contributed by atoms with van der Waals surface area (Å²) in [7, 11) is 0.969. The molecule has 1 aromatic heterocycles. The highest BCUT2D eigenvalue weighted by Gasteiger charge is 2.24. The third-order valence-electron chi connectivity index (χ3n) is 6.16. The van der Waals surface area contributed by atoms with E-state index < -0.39 is 5.92 Å². The van der Waals surface area contributed by atoms with Crippen LogP contribution in [0.4, 0.5) is 8.78 Å². The Bertz CT molecular complexity index is 963. The minimum atomic E-state index is -2.65. The first kappa shape index (κ1) is 24.0. The molecule has 2 aromatic rings. The van der Waals surface area contributed by atoms with Gasteiger partial charge in [0, 0.05) is 30.5 Å². The first-order valence-electron chi connectivity index (χ1n) is 11.4. The molecule has 168 valence electrons. The van der Waals surface area contributed by atoms with Crippen molar-refractivity contribution in [3.63, 3.8) is 0 Å². The molecule has 5 heteroatoms. The Hall–Kier alpha value is -2.69. The lowest BCUT2D eigenvalue weighted by Crippen LogP contribution is -2.40. The minimum absolute atomic E-state index is 0.167. The van der Waals surface area contributed by atoms with E-state index in [0.717, 1.165) is 57.3 Å². The fourth-order valence-electron chi connectivity index (χ4n) is 4.36. The predicted octanol–water partition coefficient (Wildman–Crippen LogP) is 6.34. The van der Waals surface area contributed by atoms with Gasteiger partial charge in [0.1, 0.15) is 0 Å². The Morgan fingerprint density at radius 1 is 1.12 bits per heavy atom. The maximum absolute atomic E-state index is 13.1. The van der Waals surface area contributed by atoms with E-state index in [1.54, 1.807) is 6.20 Å². The van der Waals surface area contributed by atoms with Crippen LogP contribution in [0, 0.1) is 0 Å². The number of allylic oxidation sites excluding steroid dienone is 3. The summed E-state index contributed by atoms with van der Waals surface area (Å²) in [5.41, 5.74) is 8.04. The maximum Gasteiger partial charge on any atom is 0.245 e. The Kier molecular flexibility index (Phi) is 8.06. The molecular weight excluding hydrogens is 401 g/mol. The zero-order chi connectivity index (χ0) is 23.1. The molecule has 1 aliphatic rings. The molecule has 1 unspecified atom stereocenters. The summed E-state index contributed by atoms with van der Waals surface area (Å²) >= 11 is 0. The highest BCUT2D eigenvalue weighted by atomic mass is 19.3. The molecule has 0 fully saturated rings. The van der Waals surface area contributed by atoms with E-state index in [1.807, 2.05) is 18.3 Å². The number of rotatable bonds is 11. The number of alkyl halides is 2. The Balaban J connectivity index is 1.53. The molecule has 0 radical (unpaired) electrons. The summed E-state index contributed by atoms with van der Waals surface area (Å²) in [6, 6.07) is 10.4. The van der Waals surface area contributed by atoms with Crippen LogP contribution in [0.1, 0.15) is 61.3 Å². The highest BCUT2D eigenvalue weighted by Crippen LogP contribution is 2.30. The van der Waals surface area contributed by atoms with Gasteiger partial charge in [-0.15, -0.1) is 0 Å². The molecule has 0 spiro atoms. The quantitative estimate of drug-likeness (QED) is 0.418. The fourth-order valence-corrected chi connectivity index (χ4v) is 4.36. The van der Waals surface area contributed by atoms with Gasteiger partial charge in [-0.05, 0) is 84.8 Å². The molecule has 1 aliphatic heterocycles. The second-order valence-electron chi connectivity index (χ2n) is 9.00. The number of hydrogen-bond donors (Lipinski definition) is 1. The first-order chi connectivity index (χ1) is 15.2. The van der Waals surface area contributed by atoms with E-state index in [2.05, 4.69) is 48.2 Å². The second kappa shape index (κ2) is 10.8. The van der Waals surface area contributed by atoms with Crippen molar-refractivity contribution < 1.29 is 8.78 Å². The molecule has 1 aromatic carbocycles. The van der Waals surface area contributed by atoms with Gasteiger partial charge in [0.05, 0.1) is 0 Å². The van der Waals surface area contributed by atoms with Gasteiger partial charge in [-0.1, -0.05) is 44.0 Å². The normalized spacial score (nSPS) is 15.4. The van der Waals surface area contributed by atoms with E-state index in [-0.39, 0.29) is 12.4 Å². The van der Waals surface area contributed by atoms with Crippen molar-refractivity contribution in [1.29, 1.82) is 0 Å². The van der Waals surface area contributed by atoms with Crippen molar-refractivity contribution in [2.24, 2.45) is 0 Å². The average Bonchev–Trinajstić information content (AvgIpc) is 2.77. The van der Waals surface area contributed by atoms with Crippen LogP contribution in [0.25, 0.3) is 11.1 Å². The summed E-state index contributed by atoms with van der Waals surface area (Å²) in [4.78, 5) is 4.17. The van der Waals surface area contributed by atoms with E-state index in [9.17, 15) is 8.78 Å². The van der Waals surface area contributed by atoms with Crippen molar-refractivity contribution in [3.8, 4) is 0 Å². The van der Waals surface area contributed by atoms with Crippen LogP contribution >= 0.6 is 0 Å². The zero-order valence-corrected chi connectivity index (χ0v) is 19.1. The molecule has 2 nitrogen and oxygen atoms in total. The molecule has 1 N–H and O–H groups in total. The number of fused-ring (bicyclic) bond motifs is 1. The number of aromatic nitrogens is 1. The van der Waals surface area contributed by atoms with Crippen LogP contribution in [0.2, 0.25) is 0 Å². The second-order valence-corrected chi connectivity index (χ2v) is 9.00. The van der Waals surface area contributed by atoms with Gasteiger partial charge in [-0.2, -0.15) is 0 Å². The topological polar surface area (TPSA) is 24.9 Å². The molecule has 0 saturated carbocycles. The van der Waals surface area contributed by atoms with Gasteiger partial charge >= 0.3 is 0 Å². The lowest BCUT2D eigenvalue weighted by molar-refractivity contribution is 0.0129. The number of nitrogens with zero attached hydrogens (tertiary/aromatic N) is 1. The molecule has 0 bridgehead atoms. The Morgan fingerprint density at radius 3 is 2.62 bits per heavy atom. The van der Waals surface area contributed by atoms with Crippen LogP contribution in [-0.2, 0) is 12.7 Å². The average molecular weight is 434 g/mol. The maximum atomic E-state index is 13.1. The lowest BCUT2D eigenvalue weighted by atomic mass is 9.57. The lowest BCUT2D eigenvalue weighted by Gasteiger charge is -2.28. The van der Waals surface area contributed by atoms with Crippen molar-refractivity contribution in [2.75, 3.05) is 0 Å². The summed E-state index contributed by atoms with van der Waals surface area (Å²) < 4.78 is 26.2. The Morgan fingerprint density at radius 2 is 1.91 bits per heavy atom. The van der Waals surface area contributed by atoms with Crippen molar-refractivity contribution in [1.82, 2.24) is 10.3 Å². The van der Waals surface area contributed by atoms with Crippen LogP contribution in [-0.4, -0.2) is 24.1 Å². The summed E-state index contributed by atoms with van der Waals surface area (Å²) in [6.45, 7) is 13.5.